The second-order valence-electron chi connectivity index (χ2n) is 4.99. The largest absolute Gasteiger partial charge is 0.353 e. The van der Waals surface area contributed by atoms with Crippen LogP contribution in [0, 0.1) is 6.92 Å². The maximum atomic E-state index is 11.7. The number of benzene rings is 1. The van der Waals surface area contributed by atoms with Crippen LogP contribution in [0.15, 0.2) is 24.3 Å². The zero-order valence-electron chi connectivity index (χ0n) is 12.1. The van der Waals surface area contributed by atoms with E-state index in [9.17, 15) is 4.79 Å². The predicted molar refractivity (Wildman–Crippen MR) is 80.4 cm³/mol. The predicted octanol–water partition coefficient (Wildman–Crippen LogP) is 1.59. The van der Waals surface area contributed by atoms with E-state index < -0.39 is 6.04 Å². The van der Waals surface area contributed by atoms with Crippen LogP contribution >= 0.6 is 0 Å². The molecule has 2 aromatic rings. The van der Waals surface area contributed by atoms with E-state index in [1.807, 2.05) is 38.1 Å². The summed E-state index contributed by atoms with van der Waals surface area (Å²) >= 11 is 0. The third kappa shape index (κ3) is 3.17. The summed E-state index contributed by atoms with van der Waals surface area (Å²) in [6, 6.07) is 7.61. The molecule has 0 aliphatic carbocycles. The van der Waals surface area contributed by atoms with Crippen molar-refractivity contribution in [3.8, 4) is 0 Å². The third-order valence-electron chi connectivity index (χ3n) is 3.42. The van der Waals surface area contributed by atoms with Crippen molar-refractivity contribution in [3.05, 3.63) is 30.1 Å². The molecule has 5 nitrogen and oxygen atoms in total. The molecular weight excluding hydrogens is 252 g/mol. The Balaban J connectivity index is 1.96. The zero-order valence-corrected chi connectivity index (χ0v) is 12.1. The van der Waals surface area contributed by atoms with Gasteiger partial charge < -0.3 is 15.6 Å². The minimum Gasteiger partial charge on any atom is -0.353 e. The number of nitrogens with two attached hydrogens (primary N) is 1. The first-order chi connectivity index (χ1) is 9.63. The summed E-state index contributed by atoms with van der Waals surface area (Å²) < 4.78 is 2.11. The lowest BCUT2D eigenvalue weighted by Gasteiger charge is -2.12. The highest BCUT2D eigenvalue weighted by Gasteiger charge is 2.12. The molecule has 1 heterocycles. The smallest absolute Gasteiger partial charge is 0.236 e. The van der Waals surface area contributed by atoms with Crippen LogP contribution in [-0.4, -0.2) is 28.0 Å². The Morgan fingerprint density at radius 2 is 2.20 bits per heavy atom. The SMILES string of the molecule is CCC[C@@H](N)C(=O)NCCn1c(C)nc2ccccc21. The number of amides is 1. The summed E-state index contributed by atoms with van der Waals surface area (Å²) in [4.78, 5) is 16.2. The van der Waals surface area contributed by atoms with Gasteiger partial charge in [0, 0.05) is 13.1 Å². The first kappa shape index (κ1) is 14.5. The number of hydrogen-bond acceptors (Lipinski definition) is 3. The van der Waals surface area contributed by atoms with E-state index >= 15 is 0 Å². The van der Waals surface area contributed by atoms with Crippen molar-refractivity contribution in [2.75, 3.05) is 6.54 Å². The van der Waals surface area contributed by atoms with Gasteiger partial charge in [0.1, 0.15) is 5.82 Å². The number of nitrogens with zero attached hydrogens (tertiary/aromatic N) is 2. The number of aryl methyl sites for hydroxylation is 1. The van der Waals surface area contributed by atoms with Gasteiger partial charge in [-0.2, -0.15) is 0 Å². The van der Waals surface area contributed by atoms with Gasteiger partial charge >= 0.3 is 0 Å². The topological polar surface area (TPSA) is 72.9 Å². The van der Waals surface area contributed by atoms with Gasteiger partial charge in [-0.3, -0.25) is 4.79 Å². The number of aromatic nitrogens is 2. The Bertz CT molecular complexity index is 591. The Kier molecular flexibility index (Phi) is 4.74. The summed E-state index contributed by atoms with van der Waals surface area (Å²) in [5.41, 5.74) is 7.86. The summed E-state index contributed by atoms with van der Waals surface area (Å²) in [5, 5.41) is 2.88. The molecule has 2 rings (SSSR count). The molecule has 0 spiro atoms. The number of hydrogen-bond donors (Lipinski definition) is 2. The number of nitrogens with one attached hydrogen (secondary N) is 1. The summed E-state index contributed by atoms with van der Waals surface area (Å²) in [6.45, 7) is 5.27. The molecule has 0 saturated carbocycles. The summed E-state index contributed by atoms with van der Waals surface area (Å²) in [5.74, 6) is 0.882. The molecule has 0 aliphatic rings. The standard InChI is InChI=1S/C15H22N4O/c1-3-6-12(16)15(20)17-9-10-19-11(2)18-13-7-4-5-8-14(13)19/h4-5,7-8,12H,3,6,9-10,16H2,1-2H3,(H,17,20)/t12-/m1/s1. The fourth-order valence-electron chi connectivity index (χ4n) is 2.34. The summed E-state index contributed by atoms with van der Waals surface area (Å²) in [6.07, 6.45) is 1.64. The van der Waals surface area contributed by atoms with Crippen molar-refractivity contribution in [3.63, 3.8) is 0 Å². The van der Waals surface area contributed by atoms with Crippen LogP contribution < -0.4 is 11.1 Å². The van der Waals surface area contributed by atoms with Gasteiger partial charge in [-0.25, -0.2) is 4.98 Å². The number of imidazole rings is 1. The maximum Gasteiger partial charge on any atom is 0.236 e. The first-order valence-corrected chi connectivity index (χ1v) is 7.08. The molecule has 0 saturated heterocycles. The number of carbonyl (C=O) groups excluding carboxylic acids is 1. The minimum absolute atomic E-state index is 0.0751. The first-order valence-electron chi connectivity index (χ1n) is 7.08. The average Bonchev–Trinajstić information content (AvgIpc) is 2.75. The molecule has 0 bridgehead atoms. The lowest BCUT2D eigenvalue weighted by molar-refractivity contribution is -0.122. The molecule has 20 heavy (non-hydrogen) atoms. The van der Waals surface area contributed by atoms with Gasteiger partial charge in [-0.1, -0.05) is 25.5 Å². The van der Waals surface area contributed by atoms with Crippen LogP contribution in [0.4, 0.5) is 0 Å². The maximum absolute atomic E-state index is 11.7. The lowest BCUT2D eigenvalue weighted by Crippen LogP contribution is -2.41. The van der Waals surface area contributed by atoms with Gasteiger partial charge in [-0.05, 0) is 25.5 Å². The highest BCUT2D eigenvalue weighted by atomic mass is 16.2. The van der Waals surface area contributed by atoms with Crippen LogP contribution in [0.3, 0.4) is 0 Å². The molecule has 0 radical (unpaired) electrons. The molecule has 0 fully saturated rings. The average molecular weight is 274 g/mol. The number of fused-ring (bicyclic) bond motifs is 1. The van der Waals surface area contributed by atoms with Crippen LogP contribution in [0.25, 0.3) is 11.0 Å². The Hall–Kier alpha value is -1.88. The van der Waals surface area contributed by atoms with E-state index in [2.05, 4.69) is 14.9 Å². The molecule has 0 unspecified atom stereocenters. The van der Waals surface area contributed by atoms with Crippen molar-refractivity contribution >= 4 is 16.9 Å². The second-order valence-corrected chi connectivity index (χ2v) is 4.99. The van der Waals surface area contributed by atoms with Crippen molar-refractivity contribution in [2.45, 2.75) is 39.3 Å². The molecule has 0 aliphatic heterocycles. The van der Waals surface area contributed by atoms with Crippen molar-refractivity contribution in [1.29, 1.82) is 0 Å². The van der Waals surface area contributed by atoms with E-state index in [1.165, 1.54) is 0 Å². The number of para-hydroxylation sites is 2. The fraction of sp³-hybridized carbons (Fsp3) is 0.467. The van der Waals surface area contributed by atoms with Crippen LogP contribution in [0.1, 0.15) is 25.6 Å². The summed E-state index contributed by atoms with van der Waals surface area (Å²) in [7, 11) is 0. The van der Waals surface area contributed by atoms with Crippen LogP contribution in [-0.2, 0) is 11.3 Å². The van der Waals surface area contributed by atoms with Crippen molar-refractivity contribution in [1.82, 2.24) is 14.9 Å². The Morgan fingerprint density at radius 1 is 1.45 bits per heavy atom. The van der Waals surface area contributed by atoms with E-state index in [0.717, 1.165) is 29.7 Å². The van der Waals surface area contributed by atoms with Crippen LogP contribution in [0.2, 0.25) is 0 Å². The molecular formula is C15H22N4O. The monoisotopic (exact) mass is 274 g/mol. The van der Waals surface area contributed by atoms with E-state index in [-0.39, 0.29) is 5.91 Å². The van der Waals surface area contributed by atoms with Gasteiger partial charge in [0.25, 0.3) is 0 Å². The fourth-order valence-corrected chi connectivity index (χ4v) is 2.34. The highest BCUT2D eigenvalue weighted by Crippen LogP contribution is 2.14. The van der Waals surface area contributed by atoms with Crippen LogP contribution in [0.5, 0.6) is 0 Å². The zero-order chi connectivity index (χ0) is 14.5. The van der Waals surface area contributed by atoms with Gasteiger partial charge in [-0.15, -0.1) is 0 Å². The van der Waals surface area contributed by atoms with Gasteiger partial charge in [0.15, 0.2) is 0 Å². The van der Waals surface area contributed by atoms with Crippen molar-refractivity contribution in [2.24, 2.45) is 5.73 Å². The Morgan fingerprint density at radius 3 is 2.95 bits per heavy atom. The number of carbonyl (C=O) groups is 1. The molecule has 1 atom stereocenters. The molecule has 1 aromatic heterocycles. The van der Waals surface area contributed by atoms with E-state index in [0.29, 0.717) is 13.1 Å². The van der Waals surface area contributed by atoms with Gasteiger partial charge in [0.05, 0.1) is 17.1 Å². The number of rotatable bonds is 6. The third-order valence-corrected chi connectivity index (χ3v) is 3.42. The van der Waals surface area contributed by atoms with Crippen molar-refractivity contribution < 1.29 is 4.79 Å². The molecule has 1 aromatic carbocycles. The van der Waals surface area contributed by atoms with Gasteiger partial charge in [0.2, 0.25) is 5.91 Å². The lowest BCUT2D eigenvalue weighted by atomic mass is 10.2. The molecule has 1 amide bonds. The molecule has 3 N–H and O–H groups in total. The highest BCUT2D eigenvalue weighted by molar-refractivity contribution is 5.81. The second kappa shape index (κ2) is 6.52. The van der Waals surface area contributed by atoms with E-state index in [4.69, 9.17) is 5.73 Å². The van der Waals surface area contributed by atoms with E-state index in [1.54, 1.807) is 0 Å². The quantitative estimate of drug-likeness (QED) is 0.840. The molecule has 108 valence electrons. The Labute approximate surface area is 119 Å². The molecule has 5 heteroatoms. The normalized spacial score (nSPS) is 12.6. The minimum atomic E-state index is -0.402.